The summed E-state index contributed by atoms with van der Waals surface area (Å²) in [4.78, 5) is 0. The molecular weight excluding hydrogens is 277 g/mol. The van der Waals surface area contributed by atoms with E-state index in [4.69, 9.17) is 5.73 Å². The third-order valence-corrected chi connectivity index (χ3v) is 3.31. The monoisotopic (exact) mass is 291 g/mol. The van der Waals surface area contributed by atoms with E-state index in [9.17, 15) is 5.11 Å². The van der Waals surface area contributed by atoms with Crippen LogP contribution in [0.15, 0.2) is 12.1 Å². The highest BCUT2D eigenvalue weighted by Crippen LogP contribution is 2.28. The normalized spacial score (nSPS) is 12.9. The highest BCUT2D eigenvalue weighted by atomic mass is 127. The average molecular weight is 291 g/mol. The zero-order valence-corrected chi connectivity index (χ0v) is 10.00. The molecule has 1 aromatic carbocycles. The number of aromatic hydroxyl groups is 1. The van der Waals surface area contributed by atoms with Gasteiger partial charge in [0.1, 0.15) is 5.75 Å². The van der Waals surface area contributed by atoms with Gasteiger partial charge in [-0.05, 0) is 53.6 Å². The first kappa shape index (κ1) is 10.8. The lowest BCUT2D eigenvalue weighted by Crippen LogP contribution is -2.09. The number of phenolic OH excluding ortho intramolecular Hbond substituents is 1. The van der Waals surface area contributed by atoms with Gasteiger partial charge in [0.25, 0.3) is 0 Å². The quantitative estimate of drug-likeness (QED) is 0.823. The summed E-state index contributed by atoms with van der Waals surface area (Å²) in [6.07, 6.45) is 0.840. The van der Waals surface area contributed by atoms with Crippen LogP contribution in [0.4, 0.5) is 0 Å². The third kappa shape index (κ3) is 2.34. The summed E-state index contributed by atoms with van der Waals surface area (Å²) in [5, 5.41) is 9.63. The summed E-state index contributed by atoms with van der Waals surface area (Å²) >= 11 is 2.25. The molecule has 0 heterocycles. The van der Waals surface area contributed by atoms with Crippen LogP contribution in [0.5, 0.6) is 5.75 Å². The van der Waals surface area contributed by atoms with Crippen LogP contribution in [-0.4, -0.2) is 5.11 Å². The summed E-state index contributed by atoms with van der Waals surface area (Å²) in [5.74, 6) is 0.312. The molecule has 0 spiro atoms. The van der Waals surface area contributed by atoms with Crippen LogP contribution in [-0.2, 0) is 0 Å². The molecule has 0 saturated carbocycles. The standard InChI is InChI=1S/C10H14INO/c1-3-9(12)7-5-8(11)6(2)4-10(7)13/h4-5,9,13H,3,12H2,1-2H3. The number of hydrogen-bond acceptors (Lipinski definition) is 2. The van der Waals surface area contributed by atoms with Crippen molar-refractivity contribution in [2.75, 3.05) is 0 Å². The van der Waals surface area contributed by atoms with E-state index in [1.807, 2.05) is 19.9 Å². The molecule has 2 nitrogen and oxygen atoms in total. The summed E-state index contributed by atoms with van der Waals surface area (Å²) in [5.41, 5.74) is 7.78. The molecule has 0 amide bonds. The van der Waals surface area contributed by atoms with E-state index in [0.717, 1.165) is 21.1 Å². The number of halogens is 1. The molecule has 1 atom stereocenters. The fourth-order valence-electron chi connectivity index (χ4n) is 1.20. The van der Waals surface area contributed by atoms with Gasteiger partial charge < -0.3 is 10.8 Å². The zero-order valence-electron chi connectivity index (χ0n) is 7.84. The zero-order chi connectivity index (χ0) is 10.0. The SMILES string of the molecule is CCC(N)c1cc(I)c(C)cc1O. The van der Waals surface area contributed by atoms with Crippen molar-refractivity contribution in [3.05, 3.63) is 26.8 Å². The van der Waals surface area contributed by atoms with Crippen LogP contribution >= 0.6 is 22.6 Å². The van der Waals surface area contributed by atoms with E-state index in [1.54, 1.807) is 6.07 Å². The molecule has 13 heavy (non-hydrogen) atoms. The second-order valence-corrected chi connectivity index (χ2v) is 4.34. The Morgan fingerprint density at radius 2 is 2.15 bits per heavy atom. The first-order valence-corrected chi connectivity index (χ1v) is 5.38. The second-order valence-electron chi connectivity index (χ2n) is 3.17. The molecule has 3 N–H and O–H groups in total. The van der Waals surface area contributed by atoms with Gasteiger partial charge in [0.15, 0.2) is 0 Å². The van der Waals surface area contributed by atoms with E-state index >= 15 is 0 Å². The summed E-state index contributed by atoms with van der Waals surface area (Å²) in [6.45, 7) is 3.99. The molecule has 0 aromatic heterocycles. The van der Waals surface area contributed by atoms with Crippen molar-refractivity contribution in [2.45, 2.75) is 26.3 Å². The number of nitrogens with two attached hydrogens (primary N) is 1. The lowest BCUT2D eigenvalue weighted by Gasteiger charge is -2.12. The molecule has 1 aromatic rings. The van der Waals surface area contributed by atoms with Crippen molar-refractivity contribution < 1.29 is 5.11 Å². The van der Waals surface area contributed by atoms with Crippen LogP contribution in [0.2, 0.25) is 0 Å². The fourth-order valence-corrected chi connectivity index (χ4v) is 1.69. The summed E-state index contributed by atoms with van der Waals surface area (Å²) in [6, 6.07) is 3.67. The van der Waals surface area contributed by atoms with Crippen LogP contribution in [0, 0.1) is 10.5 Å². The minimum Gasteiger partial charge on any atom is -0.508 e. The molecule has 0 saturated heterocycles. The number of phenols is 1. The van der Waals surface area contributed by atoms with Crippen molar-refractivity contribution in [3.63, 3.8) is 0 Å². The van der Waals surface area contributed by atoms with Gasteiger partial charge in [-0.1, -0.05) is 6.92 Å². The van der Waals surface area contributed by atoms with E-state index < -0.39 is 0 Å². The molecule has 0 aliphatic heterocycles. The van der Waals surface area contributed by atoms with Gasteiger partial charge in [-0.3, -0.25) is 0 Å². The maximum absolute atomic E-state index is 9.63. The average Bonchev–Trinajstić information content (AvgIpc) is 2.10. The van der Waals surface area contributed by atoms with Crippen molar-refractivity contribution >= 4 is 22.6 Å². The van der Waals surface area contributed by atoms with Gasteiger partial charge >= 0.3 is 0 Å². The molecule has 0 aliphatic rings. The molecule has 1 unspecified atom stereocenters. The number of hydrogen-bond donors (Lipinski definition) is 2. The minimum atomic E-state index is -0.0610. The summed E-state index contributed by atoms with van der Waals surface area (Å²) in [7, 11) is 0. The molecule has 72 valence electrons. The number of rotatable bonds is 2. The van der Waals surface area contributed by atoms with Crippen molar-refractivity contribution in [2.24, 2.45) is 5.73 Å². The lowest BCUT2D eigenvalue weighted by molar-refractivity contribution is 0.459. The Kier molecular flexibility index (Phi) is 3.55. The smallest absolute Gasteiger partial charge is 0.120 e. The number of benzene rings is 1. The minimum absolute atomic E-state index is 0.0610. The van der Waals surface area contributed by atoms with Crippen LogP contribution in [0.1, 0.15) is 30.5 Å². The predicted octanol–water partition coefficient (Wildman–Crippen LogP) is 2.72. The maximum Gasteiger partial charge on any atom is 0.120 e. The van der Waals surface area contributed by atoms with E-state index in [0.29, 0.717) is 5.75 Å². The lowest BCUT2D eigenvalue weighted by atomic mass is 10.0. The Bertz CT molecular complexity index is 312. The van der Waals surface area contributed by atoms with Gasteiger partial charge in [0.05, 0.1) is 0 Å². The first-order chi connectivity index (χ1) is 6.06. The predicted molar refractivity (Wildman–Crippen MR) is 62.8 cm³/mol. The van der Waals surface area contributed by atoms with Crippen molar-refractivity contribution in [3.8, 4) is 5.75 Å². The molecule has 1 rings (SSSR count). The highest BCUT2D eigenvalue weighted by molar-refractivity contribution is 14.1. The maximum atomic E-state index is 9.63. The van der Waals surface area contributed by atoms with Gasteiger partial charge in [0.2, 0.25) is 0 Å². The Hall–Kier alpha value is -0.290. The Morgan fingerprint density at radius 1 is 1.54 bits per heavy atom. The van der Waals surface area contributed by atoms with E-state index in [-0.39, 0.29) is 6.04 Å². The number of aryl methyl sites for hydroxylation is 1. The molecule has 0 radical (unpaired) electrons. The Morgan fingerprint density at radius 3 is 2.69 bits per heavy atom. The van der Waals surface area contributed by atoms with Crippen LogP contribution in [0.25, 0.3) is 0 Å². The molecular formula is C10H14INO. The second kappa shape index (κ2) is 4.28. The summed E-state index contributed by atoms with van der Waals surface area (Å²) < 4.78 is 1.15. The molecule has 0 aliphatic carbocycles. The van der Waals surface area contributed by atoms with E-state index in [2.05, 4.69) is 22.6 Å². The van der Waals surface area contributed by atoms with Gasteiger partial charge in [-0.15, -0.1) is 0 Å². The highest BCUT2D eigenvalue weighted by Gasteiger charge is 2.10. The van der Waals surface area contributed by atoms with Crippen molar-refractivity contribution in [1.82, 2.24) is 0 Å². The first-order valence-electron chi connectivity index (χ1n) is 4.30. The van der Waals surface area contributed by atoms with E-state index in [1.165, 1.54) is 0 Å². The third-order valence-electron chi connectivity index (χ3n) is 2.15. The van der Waals surface area contributed by atoms with Gasteiger partial charge in [-0.2, -0.15) is 0 Å². The largest absolute Gasteiger partial charge is 0.508 e. The fraction of sp³-hybridized carbons (Fsp3) is 0.400. The topological polar surface area (TPSA) is 46.2 Å². The van der Waals surface area contributed by atoms with Gasteiger partial charge in [0, 0.05) is 15.2 Å². The van der Waals surface area contributed by atoms with Crippen LogP contribution in [0.3, 0.4) is 0 Å². The van der Waals surface area contributed by atoms with Gasteiger partial charge in [-0.25, -0.2) is 0 Å². The Balaban J connectivity index is 3.15. The molecule has 3 heteroatoms. The molecule has 0 bridgehead atoms. The molecule has 0 fully saturated rings. The Labute approximate surface area is 92.3 Å². The van der Waals surface area contributed by atoms with Crippen LogP contribution < -0.4 is 5.73 Å². The van der Waals surface area contributed by atoms with Crippen molar-refractivity contribution in [1.29, 1.82) is 0 Å².